The van der Waals surface area contributed by atoms with Gasteiger partial charge in [0.1, 0.15) is 0 Å². The molecule has 3 aromatic carbocycles. The van der Waals surface area contributed by atoms with Gasteiger partial charge in [-0.2, -0.15) is 0 Å². The summed E-state index contributed by atoms with van der Waals surface area (Å²) in [5.41, 5.74) is 3.77. The van der Waals surface area contributed by atoms with E-state index in [4.69, 9.17) is 0 Å². The van der Waals surface area contributed by atoms with Crippen molar-refractivity contribution >= 4 is 5.84 Å². The van der Waals surface area contributed by atoms with Crippen LogP contribution in [0.25, 0.3) is 0 Å². The van der Waals surface area contributed by atoms with Crippen LogP contribution in [-0.4, -0.2) is 5.84 Å². The molecule has 2 heteroatoms. The van der Waals surface area contributed by atoms with Gasteiger partial charge in [-0.1, -0.05) is 78.9 Å². The zero-order valence-electron chi connectivity index (χ0n) is 12.8. The highest BCUT2D eigenvalue weighted by Gasteiger charge is 2.37. The zero-order chi connectivity index (χ0) is 15.5. The molecule has 2 atom stereocenters. The van der Waals surface area contributed by atoms with Gasteiger partial charge in [-0.05, 0) is 12.1 Å². The Morgan fingerprint density at radius 3 is 1.74 bits per heavy atom. The first-order valence-electron chi connectivity index (χ1n) is 7.97. The summed E-state index contributed by atoms with van der Waals surface area (Å²) in [4.78, 5) is 3.68. The van der Waals surface area contributed by atoms with Crippen LogP contribution in [0.5, 0.6) is 0 Å². The van der Waals surface area contributed by atoms with Crippen molar-refractivity contribution in [2.45, 2.75) is 12.1 Å². The van der Waals surface area contributed by atoms with E-state index in [-0.39, 0.29) is 12.1 Å². The number of hydrogen-bond donors (Lipinski definition) is 2. The molecule has 0 radical (unpaired) electrons. The van der Waals surface area contributed by atoms with Crippen molar-refractivity contribution < 1.29 is 4.99 Å². The van der Waals surface area contributed by atoms with Crippen molar-refractivity contribution in [3.63, 3.8) is 0 Å². The second kappa shape index (κ2) is 6.09. The number of nitrogens with one attached hydrogen (secondary N) is 2. The van der Waals surface area contributed by atoms with Gasteiger partial charge in [0.25, 0.3) is 5.84 Å². The molecule has 2 nitrogen and oxygen atoms in total. The van der Waals surface area contributed by atoms with Crippen LogP contribution >= 0.6 is 0 Å². The lowest BCUT2D eigenvalue weighted by Gasteiger charge is -2.14. The summed E-state index contributed by atoms with van der Waals surface area (Å²) < 4.78 is 0. The third-order valence-corrected chi connectivity index (χ3v) is 4.31. The van der Waals surface area contributed by atoms with Gasteiger partial charge in [0, 0.05) is 11.1 Å². The molecule has 3 aromatic rings. The highest BCUT2D eigenvalue weighted by molar-refractivity contribution is 5.95. The zero-order valence-corrected chi connectivity index (χ0v) is 12.8. The second-order valence-electron chi connectivity index (χ2n) is 5.81. The Hall–Kier alpha value is -2.87. The van der Waals surface area contributed by atoms with Crippen molar-refractivity contribution in [3.8, 4) is 0 Å². The molecule has 0 aromatic heterocycles. The van der Waals surface area contributed by atoms with Crippen molar-refractivity contribution in [2.75, 3.05) is 0 Å². The molecule has 1 aliphatic rings. The fourth-order valence-corrected chi connectivity index (χ4v) is 3.16. The molecular formula is C21H19N2+. The first-order chi connectivity index (χ1) is 11.4. The minimum Gasteiger partial charge on any atom is -0.263 e. The monoisotopic (exact) mass is 299 g/mol. The minimum atomic E-state index is 0.216. The van der Waals surface area contributed by atoms with E-state index in [1.807, 2.05) is 6.07 Å². The molecule has 0 bridgehead atoms. The van der Waals surface area contributed by atoms with Gasteiger partial charge in [0.2, 0.25) is 0 Å². The van der Waals surface area contributed by atoms with Gasteiger partial charge in [0.05, 0.1) is 5.56 Å². The standard InChI is InChI=1S/C21H18N2/c1-4-10-16(11-5-1)19-20(17-12-6-2-7-13-17)23-21(22-19)18-14-8-3-9-15-18/h1-15,19-20H,(H,22,23)/p+1/t19-,20+. The van der Waals surface area contributed by atoms with Gasteiger partial charge < -0.3 is 0 Å². The van der Waals surface area contributed by atoms with Crippen LogP contribution < -0.4 is 10.3 Å². The fourth-order valence-electron chi connectivity index (χ4n) is 3.16. The number of benzene rings is 3. The van der Waals surface area contributed by atoms with Crippen molar-refractivity contribution in [1.29, 1.82) is 0 Å². The lowest BCUT2D eigenvalue weighted by Crippen LogP contribution is -2.72. The number of amidine groups is 1. The number of rotatable bonds is 3. The summed E-state index contributed by atoms with van der Waals surface area (Å²) in [6, 6.07) is 32.1. The maximum absolute atomic E-state index is 3.68. The quantitative estimate of drug-likeness (QED) is 0.764. The van der Waals surface area contributed by atoms with E-state index in [9.17, 15) is 0 Å². The highest BCUT2D eigenvalue weighted by Crippen LogP contribution is 2.27. The van der Waals surface area contributed by atoms with E-state index in [1.54, 1.807) is 0 Å². The predicted molar refractivity (Wildman–Crippen MR) is 93.0 cm³/mol. The van der Waals surface area contributed by atoms with Crippen LogP contribution in [0.15, 0.2) is 91.0 Å². The van der Waals surface area contributed by atoms with E-state index >= 15 is 0 Å². The Morgan fingerprint density at radius 2 is 1.13 bits per heavy atom. The lowest BCUT2D eigenvalue weighted by atomic mass is 9.95. The molecular weight excluding hydrogens is 280 g/mol. The van der Waals surface area contributed by atoms with Gasteiger partial charge in [-0.15, -0.1) is 0 Å². The maximum Gasteiger partial charge on any atom is 0.276 e. The molecule has 2 N–H and O–H groups in total. The largest absolute Gasteiger partial charge is 0.276 e. The highest BCUT2D eigenvalue weighted by atomic mass is 15.1. The molecule has 0 unspecified atom stereocenters. The molecule has 0 fully saturated rings. The van der Waals surface area contributed by atoms with Crippen LogP contribution in [0.1, 0.15) is 28.8 Å². The lowest BCUT2D eigenvalue weighted by molar-refractivity contribution is -0.502. The van der Waals surface area contributed by atoms with Crippen molar-refractivity contribution in [3.05, 3.63) is 108 Å². The molecule has 4 rings (SSSR count). The van der Waals surface area contributed by atoms with Gasteiger partial charge in [0.15, 0.2) is 12.1 Å². The predicted octanol–water partition coefficient (Wildman–Crippen LogP) is 2.60. The Labute approximate surface area is 136 Å². The fraction of sp³-hybridized carbons (Fsp3) is 0.0952. The Morgan fingerprint density at radius 1 is 0.609 bits per heavy atom. The van der Waals surface area contributed by atoms with E-state index in [0.717, 1.165) is 5.84 Å². The third-order valence-electron chi connectivity index (χ3n) is 4.31. The van der Waals surface area contributed by atoms with Crippen LogP contribution in [0, 0.1) is 0 Å². The minimum absolute atomic E-state index is 0.216. The van der Waals surface area contributed by atoms with E-state index in [0.29, 0.717) is 0 Å². The SMILES string of the molecule is c1ccc(C2=[NH+][C@H](c3ccccc3)[C@H](c3ccccc3)N2)cc1. The molecule has 0 saturated heterocycles. The second-order valence-corrected chi connectivity index (χ2v) is 5.81. The van der Waals surface area contributed by atoms with Gasteiger partial charge in [-0.3, -0.25) is 10.3 Å². The van der Waals surface area contributed by atoms with Crippen LogP contribution in [-0.2, 0) is 0 Å². The molecule has 112 valence electrons. The topological polar surface area (TPSA) is 26.0 Å². The Kier molecular flexibility index (Phi) is 3.65. The normalized spacial score (nSPS) is 19.9. The van der Waals surface area contributed by atoms with Crippen molar-refractivity contribution in [1.82, 2.24) is 5.32 Å². The van der Waals surface area contributed by atoms with Crippen LogP contribution in [0.3, 0.4) is 0 Å². The van der Waals surface area contributed by atoms with Crippen LogP contribution in [0.2, 0.25) is 0 Å². The van der Waals surface area contributed by atoms with E-state index < -0.39 is 0 Å². The Balaban J connectivity index is 1.75. The average molecular weight is 299 g/mol. The molecule has 0 amide bonds. The summed E-state index contributed by atoms with van der Waals surface area (Å²) in [6.07, 6.45) is 0. The summed E-state index contributed by atoms with van der Waals surface area (Å²) in [7, 11) is 0. The van der Waals surface area contributed by atoms with E-state index in [1.165, 1.54) is 16.7 Å². The summed E-state index contributed by atoms with van der Waals surface area (Å²) in [6.45, 7) is 0. The number of hydrogen-bond acceptors (Lipinski definition) is 1. The molecule has 0 saturated carbocycles. The average Bonchev–Trinajstić information content (AvgIpc) is 3.09. The Bertz CT molecular complexity index is 795. The van der Waals surface area contributed by atoms with Gasteiger partial charge >= 0.3 is 0 Å². The van der Waals surface area contributed by atoms with Crippen molar-refractivity contribution in [2.24, 2.45) is 0 Å². The molecule has 1 heterocycles. The summed E-state index contributed by atoms with van der Waals surface area (Å²) >= 11 is 0. The third kappa shape index (κ3) is 2.76. The smallest absolute Gasteiger partial charge is 0.263 e. The summed E-state index contributed by atoms with van der Waals surface area (Å²) in [5, 5.41) is 3.68. The summed E-state index contributed by atoms with van der Waals surface area (Å²) in [5.74, 6) is 1.09. The molecule has 0 spiro atoms. The van der Waals surface area contributed by atoms with Crippen LogP contribution in [0.4, 0.5) is 0 Å². The van der Waals surface area contributed by atoms with E-state index in [2.05, 4.69) is 95.2 Å². The first-order valence-corrected chi connectivity index (χ1v) is 7.97. The molecule has 0 aliphatic carbocycles. The molecule has 23 heavy (non-hydrogen) atoms. The molecule has 1 aliphatic heterocycles. The maximum atomic E-state index is 3.68. The first kappa shape index (κ1) is 13.8. The van der Waals surface area contributed by atoms with Gasteiger partial charge in [-0.25, -0.2) is 0 Å².